The summed E-state index contributed by atoms with van der Waals surface area (Å²) in [6.45, 7) is 0. The Kier molecular flexibility index (Phi) is 4.45. The summed E-state index contributed by atoms with van der Waals surface area (Å²) in [4.78, 5) is 11.8. The number of carbonyl (C=O) groups excluding carboxylic acids is 1. The van der Waals surface area contributed by atoms with Crippen molar-refractivity contribution in [3.63, 3.8) is 0 Å². The highest BCUT2D eigenvalue weighted by atomic mass is 79.9. The maximum atomic E-state index is 11.8. The highest BCUT2D eigenvalue weighted by Gasteiger charge is 2.16. The van der Waals surface area contributed by atoms with Crippen LogP contribution >= 0.6 is 62.1 Å². The first kappa shape index (κ1) is 14.0. The lowest BCUT2D eigenvalue weighted by Gasteiger charge is -2.08. The van der Waals surface area contributed by atoms with Gasteiger partial charge in [0.2, 0.25) is 9.47 Å². The van der Waals surface area contributed by atoms with Gasteiger partial charge in [0.1, 0.15) is 0 Å². The fourth-order valence-corrected chi connectivity index (χ4v) is 3.15. The van der Waals surface area contributed by atoms with Gasteiger partial charge in [-0.15, -0.1) is 10.2 Å². The molecule has 1 amide bonds. The summed E-state index contributed by atoms with van der Waals surface area (Å²) in [5, 5.41) is 10.5. The minimum atomic E-state index is -0.467. The molecule has 2 rings (SSSR count). The number of halogens is 4. The molecule has 1 N–H and O–H groups in total. The molecule has 0 unspecified atom stereocenters. The molecule has 0 spiro atoms. The third-order valence-corrected chi connectivity index (χ3v) is 3.91. The van der Waals surface area contributed by atoms with Crippen molar-refractivity contribution in [1.29, 1.82) is 0 Å². The van der Waals surface area contributed by atoms with Gasteiger partial charge in [-0.25, -0.2) is 0 Å². The molecule has 0 saturated heterocycles. The van der Waals surface area contributed by atoms with E-state index >= 15 is 0 Å². The van der Waals surface area contributed by atoms with Gasteiger partial charge in [-0.05, 0) is 23.7 Å². The molecule has 0 saturated carbocycles. The Hall–Kier alpha value is -0.400. The molecule has 1 aromatic carbocycles. The van der Waals surface area contributed by atoms with Crippen LogP contribution in [-0.4, -0.2) is 16.1 Å². The first-order valence-corrected chi connectivity index (χ1v) is 7.16. The third-order valence-electron chi connectivity index (χ3n) is 1.84. The van der Waals surface area contributed by atoms with E-state index in [1.165, 1.54) is 0 Å². The van der Waals surface area contributed by atoms with Crippen molar-refractivity contribution in [3.05, 3.63) is 36.1 Å². The highest BCUT2D eigenvalue weighted by molar-refractivity contribution is 9.10. The lowest BCUT2D eigenvalue weighted by Crippen LogP contribution is -2.12. The molecule has 94 valence electrons. The maximum absolute atomic E-state index is 11.8. The first-order valence-electron chi connectivity index (χ1n) is 4.42. The Balaban J connectivity index is 2.27. The number of nitrogens with zero attached hydrogens (tertiary/aromatic N) is 2. The Bertz CT molecular complexity index is 596. The van der Waals surface area contributed by atoms with Crippen molar-refractivity contribution < 1.29 is 4.79 Å². The Morgan fingerprint density at radius 3 is 2.33 bits per heavy atom. The molecule has 9 heteroatoms. The van der Waals surface area contributed by atoms with Crippen LogP contribution in [0.5, 0.6) is 0 Å². The monoisotopic (exact) mass is 385 g/mol. The number of anilines is 1. The molecule has 0 atom stereocenters. The number of hydrogen-bond acceptors (Lipinski definition) is 4. The third kappa shape index (κ3) is 3.13. The minimum Gasteiger partial charge on any atom is -0.317 e. The van der Waals surface area contributed by atoms with Crippen molar-refractivity contribution in [3.8, 4) is 0 Å². The minimum absolute atomic E-state index is 0.134. The Morgan fingerprint density at radius 1 is 1.22 bits per heavy atom. The predicted molar refractivity (Wildman–Crippen MR) is 77.0 cm³/mol. The van der Waals surface area contributed by atoms with Gasteiger partial charge in [-0.3, -0.25) is 4.79 Å². The second-order valence-corrected chi connectivity index (χ2v) is 6.35. The van der Waals surface area contributed by atoms with Crippen LogP contribution in [0.25, 0.3) is 0 Å². The van der Waals surface area contributed by atoms with E-state index in [4.69, 9.17) is 34.8 Å². The van der Waals surface area contributed by atoms with E-state index in [-0.39, 0.29) is 9.47 Å². The highest BCUT2D eigenvalue weighted by Crippen LogP contribution is 2.34. The molecule has 0 aliphatic rings. The molecule has 0 fully saturated rings. The van der Waals surface area contributed by atoms with Gasteiger partial charge in [0, 0.05) is 4.47 Å². The zero-order valence-electron chi connectivity index (χ0n) is 8.38. The maximum Gasteiger partial charge on any atom is 0.286 e. The average Bonchev–Trinajstić information content (AvgIpc) is 2.70. The molecule has 18 heavy (non-hydrogen) atoms. The summed E-state index contributed by atoms with van der Waals surface area (Å²) >= 11 is 21.8. The molecule has 0 aliphatic heterocycles. The smallest absolute Gasteiger partial charge is 0.286 e. The zero-order valence-corrected chi connectivity index (χ0v) is 13.0. The van der Waals surface area contributed by atoms with Gasteiger partial charge in [0.25, 0.3) is 5.91 Å². The predicted octanol–water partition coefficient (Wildman–Crippen LogP) is 4.51. The summed E-state index contributed by atoms with van der Waals surface area (Å²) in [6.07, 6.45) is 0. The number of amides is 1. The van der Waals surface area contributed by atoms with Crippen molar-refractivity contribution in [1.82, 2.24) is 10.2 Å². The van der Waals surface area contributed by atoms with Crippen LogP contribution in [-0.2, 0) is 0 Å². The van der Waals surface area contributed by atoms with Crippen LogP contribution in [0.3, 0.4) is 0 Å². The van der Waals surface area contributed by atoms with Crippen molar-refractivity contribution in [2.45, 2.75) is 0 Å². The van der Waals surface area contributed by atoms with E-state index in [0.717, 1.165) is 15.8 Å². The number of hydrogen-bond donors (Lipinski definition) is 1. The molecule has 1 heterocycles. The fourth-order valence-electron chi connectivity index (χ4n) is 1.13. The Labute approximate surface area is 129 Å². The van der Waals surface area contributed by atoms with Crippen molar-refractivity contribution in [2.75, 3.05) is 5.32 Å². The SMILES string of the molecule is O=C(Nc1c(Cl)cc(Br)cc1Cl)c1nnc(Cl)s1. The average molecular weight is 387 g/mol. The number of rotatable bonds is 2. The molecule has 1 aromatic heterocycles. The fraction of sp³-hybridized carbons (Fsp3) is 0. The zero-order chi connectivity index (χ0) is 13.3. The van der Waals surface area contributed by atoms with E-state index in [9.17, 15) is 4.79 Å². The molecule has 0 radical (unpaired) electrons. The molecular formula is C9H3BrCl3N3OS. The standard InChI is InChI=1S/C9H3BrCl3N3OS/c10-3-1-4(11)6(5(12)2-3)14-7(17)8-15-16-9(13)18-8/h1-2H,(H,14,17). The van der Waals surface area contributed by atoms with Gasteiger partial charge < -0.3 is 5.32 Å². The normalized spacial score (nSPS) is 10.4. The lowest BCUT2D eigenvalue weighted by molar-refractivity contribution is 0.102. The summed E-state index contributed by atoms with van der Waals surface area (Å²) < 4.78 is 0.905. The second-order valence-electron chi connectivity index (χ2n) is 3.06. The topological polar surface area (TPSA) is 54.9 Å². The van der Waals surface area contributed by atoms with Gasteiger partial charge in [-0.1, -0.05) is 50.5 Å². The van der Waals surface area contributed by atoms with Crippen LogP contribution in [0.1, 0.15) is 9.80 Å². The first-order chi connectivity index (χ1) is 8.47. The van der Waals surface area contributed by atoms with E-state index in [1.807, 2.05) is 0 Å². The summed E-state index contributed by atoms with van der Waals surface area (Å²) in [5.74, 6) is -0.467. The number of nitrogens with one attached hydrogen (secondary N) is 1. The van der Waals surface area contributed by atoms with Crippen LogP contribution in [0.15, 0.2) is 16.6 Å². The molecule has 0 bridgehead atoms. The second kappa shape index (κ2) is 5.71. The van der Waals surface area contributed by atoms with Crippen LogP contribution < -0.4 is 5.32 Å². The van der Waals surface area contributed by atoms with Gasteiger partial charge in [0.15, 0.2) is 0 Å². The molecule has 2 aromatic rings. The summed E-state index contributed by atoms with van der Waals surface area (Å²) in [7, 11) is 0. The molecule has 4 nitrogen and oxygen atoms in total. The molecular weight excluding hydrogens is 384 g/mol. The van der Waals surface area contributed by atoms with Gasteiger partial charge >= 0.3 is 0 Å². The van der Waals surface area contributed by atoms with Crippen molar-refractivity contribution in [2.24, 2.45) is 0 Å². The van der Waals surface area contributed by atoms with E-state index in [2.05, 4.69) is 31.4 Å². The van der Waals surface area contributed by atoms with E-state index < -0.39 is 5.91 Å². The largest absolute Gasteiger partial charge is 0.317 e. The summed E-state index contributed by atoms with van der Waals surface area (Å²) in [6, 6.07) is 3.24. The number of aromatic nitrogens is 2. The van der Waals surface area contributed by atoms with Crippen LogP contribution in [0, 0.1) is 0 Å². The lowest BCUT2D eigenvalue weighted by atomic mass is 10.3. The Morgan fingerprint density at radius 2 is 1.83 bits per heavy atom. The number of benzene rings is 1. The van der Waals surface area contributed by atoms with Gasteiger partial charge in [-0.2, -0.15) is 0 Å². The summed E-state index contributed by atoms with van der Waals surface area (Å²) in [5.41, 5.74) is 0.317. The van der Waals surface area contributed by atoms with Crippen LogP contribution in [0.2, 0.25) is 14.5 Å². The van der Waals surface area contributed by atoms with Crippen molar-refractivity contribution >= 4 is 73.7 Å². The quantitative estimate of drug-likeness (QED) is 0.825. The van der Waals surface area contributed by atoms with E-state index in [0.29, 0.717) is 15.7 Å². The van der Waals surface area contributed by atoms with Crippen LogP contribution in [0.4, 0.5) is 5.69 Å². The molecule has 0 aliphatic carbocycles. The van der Waals surface area contributed by atoms with Gasteiger partial charge in [0.05, 0.1) is 15.7 Å². The number of carbonyl (C=O) groups is 1. The van der Waals surface area contributed by atoms with E-state index in [1.54, 1.807) is 12.1 Å².